The van der Waals surface area contributed by atoms with Gasteiger partial charge < -0.3 is 9.26 Å². The van der Waals surface area contributed by atoms with Crippen molar-refractivity contribution in [1.29, 1.82) is 0 Å². The van der Waals surface area contributed by atoms with Gasteiger partial charge in [0.2, 0.25) is 21.7 Å². The van der Waals surface area contributed by atoms with Crippen LogP contribution in [0.4, 0.5) is 5.69 Å². The molecule has 0 amide bonds. The summed E-state index contributed by atoms with van der Waals surface area (Å²) in [5.74, 6) is 1.53. The molecule has 0 aliphatic carbocycles. The van der Waals surface area contributed by atoms with Crippen LogP contribution in [0.25, 0.3) is 11.4 Å². The Hall–Kier alpha value is -3.35. The van der Waals surface area contributed by atoms with Crippen LogP contribution < -0.4 is 4.74 Å². The van der Waals surface area contributed by atoms with Crippen molar-refractivity contribution in [1.82, 2.24) is 19.3 Å². The number of rotatable bonds is 8. The van der Waals surface area contributed by atoms with E-state index in [4.69, 9.17) is 9.26 Å². The number of nitro groups is 1. The molecule has 2 heterocycles. The Kier molecular flexibility index (Phi) is 6.67. The lowest BCUT2D eigenvalue weighted by Crippen LogP contribution is -2.48. The van der Waals surface area contributed by atoms with E-state index in [1.807, 2.05) is 36.1 Å². The van der Waals surface area contributed by atoms with Gasteiger partial charge in [0.1, 0.15) is 5.75 Å². The van der Waals surface area contributed by atoms with Crippen molar-refractivity contribution in [2.24, 2.45) is 0 Å². The van der Waals surface area contributed by atoms with Crippen LogP contribution in [0.2, 0.25) is 0 Å². The normalized spacial score (nSPS) is 15.4. The standard InChI is InChI=1S/C21H23N5O6S/c1-2-31-19-9-4-3-8-18(19)21-22-20(32-23-21)15-24-10-12-25(13-11-24)33(29,30)17-7-5-6-16(14-17)26(27)28/h3-9,14H,2,10-13,15H2,1H3. The highest BCUT2D eigenvalue weighted by Crippen LogP contribution is 2.28. The van der Waals surface area contributed by atoms with Gasteiger partial charge in [0.25, 0.3) is 5.69 Å². The molecule has 4 rings (SSSR count). The van der Waals surface area contributed by atoms with Gasteiger partial charge in [0.05, 0.1) is 28.5 Å². The first kappa shape index (κ1) is 22.8. The number of benzene rings is 2. The van der Waals surface area contributed by atoms with E-state index in [-0.39, 0.29) is 23.7 Å². The third-order valence-electron chi connectivity index (χ3n) is 5.25. The summed E-state index contributed by atoms with van der Waals surface area (Å²) in [7, 11) is -3.82. The highest BCUT2D eigenvalue weighted by atomic mass is 32.2. The number of sulfonamides is 1. The van der Waals surface area contributed by atoms with Gasteiger partial charge in [0, 0.05) is 38.3 Å². The largest absolute Gasteiger partial charge is 0.493 e. The summed E-state index contributed by atoms with van der Waals surface area (Å²) < 4.78 is 38.2. The van der Waals surface area contributed by atoms with E-state index in [1.54, 1.807) is 0 Å². The fraction of sp³-hybridized carbons (Fsp3) is 0.333. The number of nitro benzene ring substituents is 1. The fourth-order valence-corrected chi connectivity index (χ4v) is 5.05. The van der Waals surface area contributed by atoms with Gasteiger partial charge in [-0.05, 0) is 25.1 Å². The van der Waals surface area contributed by atoms with Gasteiger partial charge in [-0.3, -0.25) is 15.0 Å². The van der Waals surface area contributed by atoms with Crippen molar-refractivity contribution < 1.29 is 22.6 Å². The predicted octanol–water partition coefficient (Wildman–Crippen LogP) is 2.55. The van der Waals surface area contributed by atoms with Crippen LogP contribution in [0.1, 0.15) is 12.8 Å². The van der Waals surface area contributed by atoms with Crippen LogP contribution in [-0.4, -0.2) is 65.5 Å². The van der Waals surface area contributed by atoms with Gasteiger partial charge in [-0.15, -0.1) is 0 Å². The average molecular weight is 474 g/mol. The molecule has 0 spiro atoms. The highest BCUT2D eigenvalue weighted by Gasteiger charge is 2.30. The summed E-state index contributed by atoms with van der Waals surface area (Å²) in [6.07, 6.45) is 0. The summed E-state index contributed by atoms with van der Waals surface area (Å²) in [6, 6.07) is 12.5. The molecule has 1 aliphatic rings. The van der Waals surface area contributed by atoms with Crippen molar-refractivity contribution in [3.8, 4) is 17.1 Å². The molecule has 11 nitrogen and oxygen atoms in total. The van der Waals surface area contributed by atoms with Crippen LogP contribution in [0, 0.1) is 10.1 Å². The van der Waals surface area contributed by atoms with Crippen LogP contribution in [-0.2, 0) is 16.6 Å². The van der Waals surface area contributed by atoms with Crippen molar-refractivity contribution in [3.05, 3.63) is 64.5 Å². The van der Waals surface area contributed by atoms with Gasteiger partial charge in [-0.2, -0.15) is 9.29 Å². The second kappa shape index (κ2) is 9.65. The van der Waals surface area contributed by atoms with Gasteiger partial charge >= 0.3 is 0 Å². The fourth-order valence-electron chi connectivity index (χ4n) is 3.59. The Morgan fingerprint density at radius 2 is 1.88 bits per heavy atom. The minimum absolute atomic E-state index is 0.0837. The molecule has 2 aromatic carbocycles. The number of hydrogen-bond donors (Lipinski definition) is 0. The van der Waals surface area contributed by atoms with Crippen molar-refractivity contribution in [3.63, 3.8) is 0 Å². The smallest absolute Gasteiger partial charge is 0.270 e. The topological polar surface area (TPSA) is 132 Å². The summed E-state index contributed by atoms with van der Waals surface area (Å²) in [4.78, 5) is 16.8. The van der Waals surface area contributed by atoms with E-state index in [0.29, 0.717) is 43.7 Å². The molecule has 1 aliphatic heterocycles. The van der Waals surface area contributed by atoms with Crippen LogP contribution in [0.3, 0.4) is 0 Å². The minimum atomic E-state index is -3.82. The molecule has 1 saturated heterocycles. The Morgan fingerprint density at radius 3 is 2.61 bits per heavy atom. The van der Waals surface area contributed by atoms with Gasteiger partial charge in [-0.25, -0.2) is 8.42 Å². The Morgan fingerprint density at radius 1 is 1.12 bits per heavy atom. The van der Waals surface area contributed by atoms with E-state index < -0.39 is 14.9 Å². The molecule has 0 saturated carbocycles. The maximum atomic E-state index is 12.9. The Labute approximate surface area is 190 Å². The third kappa shape index (κ3) is 5.02. The number of aromatic nitrogens is 2. The van der Waals surface area contributed by atoms with Crippen LogP contribution in [0.15, 0.2) is 57.9 Å². The first-order valence-electron chi connectivity index (χ1n) is 10.4. The maximum absolute atomic E-state index is 12.9. The van der Waals surface area contributed by atoms with Gasteiger partial charge in [-0.1, -0.05) is 23.4 Å². The Bertz CT molecular complexity index is 1240. The number of non-ortho nitro benzene ring substituents is 1. The number of ether oxygens (including phenoxy) is 1. The van der Waals surface area contributed by atoms with E-state index in [9.17, 15) is 18.5 Å². The van der Waals surface area contributed by atoms with Crippen molar-refractivity contribution in [2.45, 2.75) is 18.4 Å². The number of nitrogens with zero attached hydrogens (tertiary/aromatic N) is 5. The van der Waals surface area contributed by atoms with Crippen LogP contribution >= 0.6 is 0 Å². The van der Waals surface area contributed by atoms with E-state index in [0.717, 1.165) is 11.6 Å². The molecular weight excluding hydrogens is 450 g/mol. The Balaban J connectivity index is 1.39. The first-order valence-corrected chi connectivity index (χ1v) is 11.8. The lowest BCUT2D eigenvalue weighted by molar-refractivity contribution is -0.385. The zero-order valence-corrected chi connectivity index (χ0v) is 18.8. The van der Waals surface area contributed by atoms with E-state index >= 15 is 0 Å². The third-order valence-corrected chi connectivity index (χ3v) is 7.15. The lowest BCUT2D eigenvalue weighted by Gasteiger charge is -2.33. The summed E-state index contributed by atoms with van der Waals surface area (Å²) in [5, 5.41) is 15.0. The van der Waals surface area contributed by atoms with Gasteiger partial charge in [0.15, 0.2) is 0 Å². The zero-order chi connectivity index (χ0) is 23.4. The van der Waals surface area contributed by atoms with Crippen LogP contribution in [0.5, 0.6) is 5.75 Å². The summed E-state index contributed by atoms with van der Waals surface area (Å²) in [5.41, 5.74) is 0.482. The second-order valence-corrected chi connectivity index (χ2v) is 9.31. The molecule has 0 unspecified atom stereocenters. The second-order valence-electron chi connectivity index (χ2n) is 7.38. The van der Waals surface area contributed by atoms with E-state index in [1.165, 1.54) is 22.5 Å². The predicted molar refractivity (Wildman–Crippen MR) is 118 cm³/mol. The quantitative estimate of drug-likeness (QED) is 0.357. The van der Waals surface area contributed by atoms with Crippen molar-refractivity contribution in [2.75, 3.05) is 32.8 Å². The minimum Gasteiger partial charge on any atom is -0.493 e. The molecule has 1 aromatic heterocycles. The maximum Gasteiger partial charge on any atom is 0.270 e. The monoisotopic (exact) mass is 473 g/mol. The summed E-state index contributed by atoms with van der Waals surface area (Å²) >= 11 is 0. The molecule has 3 aromatic rings. The molecule has 1 fully saturated rings. The number of piperazine rings is 1. The molecule has 0 radical (unpaired) electrons. The lowest BCUT2D eigenvalue weighted by atomic mass is 10.2. The zero-order valence-electron chi connectivity index (χ0n) is 18.0. The SMILES string of the molecule is CCOc1ccccc1-c1noc(CN2CCN(S(=O)(=O)c3cccc([N+](=O)[O-])c3)CC2)n1. The molecule has 12 heteroatoms. The molecule has 174 valence electrons. The first-order chi connectivity index (χ1) is 15.9. The highest BCUT2D eigenvalue weighted by molar-refractivity contribution is 7.89. The van der Waals surface area contributed by atoms with E-state index in [2.05, 4.69) is 10.1 Å². The molecular formula is C21H23N5O6S. The molecule has 0 atom stereocenters. The average Bonchev–Trinajstić information content (AvgIpc) is 3.28. The molecule has 0 bridgehead atoms. The summed E-state index contributed by atoms with van der Waals surface area (Å²) in [6.45, 7) is 4.22. The molecule has 0 N–H and O–H groups in total. The van der Waals surface area contributed by atoms with Crippen molar-refractivity contribution >= 4 is 15.7 Å². The number of para-hydroxylation sites is 1. The molecule has 33 heavy (non-hydrogen) atoms. The number of hydrogen-bond acceptors (Lipinski definition) is 9.